The van der Waals surface area contributed by atoms with Crippen molar-refractivity contribution in [3.63, 3.8) is 0 Å². The van der Waals surface area contributed by atoms with E-state index in [1.165, 1.54) is 17.7 Å². The van der Waals surface area contributed by atoms with Gasteiger partial charge in [-0.25, -0.2) is 8.42 Å². The van der Waals surface area contributed by atoms with E-state index in [2.05, 4.69) is 4.72 Å². The highest BCUT2D eigenvalue weighted by Gasteiger charge is 2.21. The van der Waals surface area contributed by atoms with Gasteiger partial charge < -0.3 is 0 Å². The molecule has 3 rings (SSSR count). The van der Waals surface area contributed by atoms with Crippen LogP contribution in [0.4, 0.5) is 11.4 Å². The van der Waals surface area contributed by atoms with E-state index < -0.39 is 20.6 Å². The van der Waals surface area contributed by atoms with Crippen molar-refractivity contribution in [3.05, 3.63) is 62.7 Å². The zero-order valence-electron chi connectivity index (χ0n) is 12.0. The summed E-state index contributed by atoms with van der Waals surface area (Å²) >= 11 is 5.71. The molecule has 0 saturated carbocycles. The summed E-state index contributed by atoms with van der Waals surface area (Å²) in [5, 5.41) is 10.8. The first-order chi connectivity index (χ1) is 10.9. The number of nitro benzene ring substituents is 1. The van der Waals surface area contributed by atoms with Crippen molar-refractivity contribution in [3.8, 4) is 0 Å². The van der Waals surface area contributed by atoms with Gasteiger partial charge in [0.05, 0.1) is 9.82 Å². The number of nitro groups is 1. The molecule has 0 spiro atoms. The van der Waals surface area contributed by atoms with E-state index in [1.807, 2.05) is 12.1 Å². The standard InChI is InChI=1S/C15H13ClN2O4S/c16-14-7-6-13(9-15(14)18(19)20)23(21,22)17-12-5-4-10-2-1-3-11(10)8-12/h4-9,17H,1-3H2. The van der Waals surface area contributed by atoms with Gasteiger partial charge in [0, 0.05) is 11.8 Å². The molecule has 1 aliphatic rings. The van der Waals surface area contributed by atoms with Gasteiger partial charge in [0.25, 0.3) is 15.7 Å². The number of halogens is 1. The van der Waals surface area contributed by atoms with Gasteiger partial charge in [-0.05, 0) is 54.7 Å². The number of fused-ring (bicyclic) bond motifs is 1. The number of hydrogen-bond donors (Lipinski definition) is 1. The van der Waals surface area contributed by atoms with Crippen molar-refractivity contribution in [2.75, 3.05) is 4.72 Å². The Morgan fingerprint density at radius 3 is 2.57 bits per heavy atom. The third kappa shape index (κ3) is 3.16. The Balaban J connectivity index is 1.93. The Morgan fingerprint density at radius 1 is 1.09 bits per heavy atom. The zero-order chi connectivity index (χ0) is 16.6. The molecule has 1 aliphatic carbocycles. The second kappa shape index (κ2) is 5.82. The van der Waals surface area contributed by atoms with Crippen molar-refractivity contribution in [2.45, 2.75) is 24.2 Å². The van der Waals surface area contributed by atoms with E-state index in [4.69, 9.17) is 11.6 Å². The predicted molar refractivity (Wildman–Crippen MR) is 87.4 cm³/mol. The molecule has 0 amide bonds. The largest absolute Gasteiger partial charge is 0.289 e. The molecule has 2 aromatic rings. The van der Waals surface area contributed by atoms with Crippen molar-refractivity contribution >= 4 is 33.0 Å². The average Bonchev–Trinajstić information content (AvgIpc) is 2.94. The third-order valence-corrected chi connectivity index (χ3v) is 5.47. The first-order valence-electron chi connectivity index (χ1n) is 6.95. The quantitative estimate of drug-likeness (QED) is 0.673. The molecule has 0 aromatic heterocycles. The first kappa shape index (κ1) is 15.8. The summed E-state index contributed by atoms with van der Waals surface area (Å²) in [6.45, 7) is 0. The van der Waals surface area contributed by atoms with Gasteiger partial charge in [-0.3, -0.25) is 14.8 Å². The molecule has 8 heteroatoms. The second-order valence-corrected chi connectivity index (χ2v) is 7.40. The monoisotopic (exact) mass is 352 g/mol. The Morgan fingerprint density at radius 2 is 1.83 bits per heavy atom. The van der Waals surface area contributed by atoms with Crippen molar-refractivity contribution in [1.29, 1.82) is 0 Å². The fourth-order valence-electron chi connectivity index (χ4n) is 2.65. The van der Waals surface area contributed by atoms with Gasteiger partial charge in [-0.1, -0.05) is 17.7 Å². The summed E-state index contributed by atoms with van der Waals surface area (Å²) in [5.41, 5.74) is 2.37. The summed E-state index contributed by atoms with van der Waals surface area (Å²) in [6.07, 6.45) is 3.00. The summed E-state index contributed by atoms with van der Waals surface area (Å²) in [6, 6.07) is 8.82. The highest BCUT2D eigenvalue weighted by molar-refractivity contribution is 7.92. The molecule has 6 nitrogen and oxygen atoms in total. The summed E-state index contributed by atoms with van der Waals surface area (Å²) in [7, 11) is -3.92. The molecule has 0 atom stereocenters. The zero-order valence-corrected chi connectivity index (χ0v) is 13.5. The van der Waals surface area contributed by atoms with Crippen molar-refractivity contribution in [2.24, 2.45) is 0 Å². The van der Waals surface area contributed by atoms with Crippen LogP contribution >= 0.6 is 11.6 Å². The lowest BCUT2D eigenvalue weighted by Crippen LogP contribution is -2.13. The Labute approximate surface area is 138 Å². The van der Waals surface area contributed by atoms with Crippen LogP contribution in [0.25, 0.3) is 0 Å². The highest BCUT2D eigenvalue weighted by atomic mass is 35.5. The first-order valence-corrected chi connectivity index (χ1v) is 8.81. The highest BCUT2D eigenvalue weighted by Crippen LogP contribution is 2.29. The normalized spacial score (nSPS) is 13.6. The molecule has 0 heterocycles. The molecular formula is C15H13ClN2O4S. The van der Waals surface area contributed by atoms with Gasteiger partial charge in [0.15, 0.2) is 0 Å². The molecule has 0 unspecified atom stereocenters. The fourth-order valence-corrected chi connectivity index (χ4v) is 3.90. The van der Waals surface area contributed by atoms with Crippen LogP contribution in [0.3, 0.4) is 0 Å². The molecule has 120 valence electrons. The van der Waals surface area contributed by atoms with Crippen LogP contribution in [-0.4, -0.2) is 13.3 Å². The average molecular weight is 353 g/mol. The Hall–Kier alpha value is -2.12. The minimum absolute atomic E-state index is 0.105. The number of anilines is 1. The van der Waals surface area contributed by atoms with Crippen LogP contribution in [0.15, 0.2) is 41.3 Å². The van der Waals surface area contributed by atoms with Crippen molar-refractivity contribution < 1.29 is 13.3 Å². The summed E-state index contributed by atoms with van der Waals surface area (Å²) in [5.74, 6) is 0. The van der Waals surface area contributed by atoms with E-state index in [0.717, 1.165) is 30.9 Å². The lowest BCUT2D eigenvalue weighted by Gasteiger charge is -2.10. The SMILES string of the molecule is O=[N+]([O-])c1cc(S(=O)(=O)Nc2ccc3c(c2)CCC3)ccc1Cl. The Kier molecular flexibility index (Phi) is 3.99. The van der Waals surface area contributed by atoms with E-state index in [-0.39, 0.29) is 9.92 Å². The minimum atomic E-state index is -3.92. The maximum absolute atomic E-state index is 12.4. The van der Waals surface area contributed by atoms with Crippen LogP contribution in [0, 0.1) is 10.1 Å². The maximum Gasteiger partial charge on any atom is 0.289 e. The third-order valence-electron chi connectivity index (χ3n) is 3.78. The molecule has 0 saturated heterocycles. The van der Waals surface area contributed by atoms with Gasteiger partial charge in [0.1, 0.15) is 5.02 Å². The number of benzene rings is 2. The van der Waals surface area contributed by atoms with Crippen LogP contribution < -0.4 is 4.72 Å². The number of aryl methyl sites for hydroxylation is 2. The maximum atomic E-state index is 12.4. The second-order valence-electron chi connectivity index (χ2n) is 5.31. The van der Waals surface area contributed by atoms with Crippen LogP contribution in [-0.2, 0) is 22.9 Å². The predicted octanol–water partition coefficient (Wildman–Crippen LogP) is 3.54. The van der Waals surface area contributed by atoms with Gasteiger partial charge in [-0.15, -0.1) is 0 Å². The molecule has 1 N–H and O–H groups in total. The number of sulfonamides is 1. The topological polar surface area (TPSA) is 89.3 Å². The minimum Gasteiger partial charge on any atom is -0.280 e. The van der Waals surface area contributed by atoms with E-state index in [0.29, 0.717) is 5.69 Å². The van der Waals surface area contributed by atoms with E-state index in [1.54, 1.807) is 6.07 Å². The van der Waals surface area contributed by atoms with Gasteiger partial charge in [-0.2, -0.15) is 0 Å². The molecule has 2 aromatic carbocycles. The van der Waals surface area contributed by atoms with Gasteiger partial charge >= 0.3 is 0 Å². The molecule has 0 aliphatic heterocycles. The molecule has 23 heavy (non-hydrogen) atoms. The molecular weight excluding hydrogens is 340 g/mol. The number of nitrogens with zero attached hydrogens (tertiary/aromatic N) is 1. The van der Waals surface area contributed by atoms with E-state index in [9.17, 15) is 18.5 Å². The molecule has 0 radical (unpaired) electrons. The smallest absolute Gasteiger partial charge is 0.280 e. The number of rotatable bonds is 4. The van der Waals surface area contributed by atoms with Gasteiger partial charge in [0.2, 0.25) is 0 Å². The van der Waals surface area contributed by atoms with E-state index >= 15 is 0 Å². The lowest BCUT2D eigenvalue weighted by molar-refractivity contribution is -0.384. The summed E-state index contributed by atoms with van der Waals surface area (Å²) < 4.78 is 27.3. The van der Waals surface area contributed by atoms with Crippen LogP contribution in [0.2, 0.25) is 5.02 Å². The molecule has 0 bridgehead atoms. The lowest BCUT2D eigenvalue weighted by atomic mass is 10.1. The summed E-state index contributed by atoms with van der Waals surface area (Å²) in [4.78, 5) is 9.98. The van der Waals surface area contributed by atoms with Crippen LogP contribution in [0.5, 0.6) is 0 Å². The number of hydrogen-bond acceptors (Lipinski definition) is 4. The molecule has 0 fully saturated rings. The fraction of sp³-hybridized carbons (Fsp3) is 0.200. The number of nitrogens with one attached hydrogen (secondary N) is 1. The van der Waals surface area contributed by atoms with Crippen LogP contribution in [0.1, 0.15) is 17.5 Å². The van der Waals surface area contributed by atoms with Crippen molar-refractivity contribution in [1.82, 2.24) is 0 Å². The Bertz CT molecular complexity index is 896.